The normalized spacial score (nSPS) is 29.2. The molecule has 4 unspecified atom stereocenters. The first-order valence-corrected chi connectivity index (χ1v) is 5.53. The minimum Gasteiger partial charge on any atom is -0.481 e. The number of hydrogen-bond acceptors (Lipinski definition) is 4. The molecule has 0 aliphatic heterocycles. The smallest absolute Gasteiger partial charge is 0.327 e. The van der Waals surface area contributed by atoms with Gasteiger partial charge in [-0.2, -0.15) is 0 Å². The van der Waals surface area contributed by atoms with Crippen LogP contribution in [0.25, 0.3) is 0 Å². The van der Waals surface area contributed by atoms with Crippen LogP contribution in [-0.2, 0) is 19.2 Å². The number of allylic oxidation sites excluding steroid dienone is 1. The molecular formula is C12H12O8. The van der Waals surface area contributed by atoms with Crippen molar-refractivity contribution in [3.05, 3.63) is 24.3 Å². The van der Waals surface area contributed by atoms with Gasteiger partial charge in [-0.25, -0.2) is 4.79 Å². The Balaban J connectivity index is 3.28. The molecule has 0 saturated heterocycles. The van der Waals surface area contributed by atoms with E-state index in [0.29, 0.717) is 6.08 Å². The minimum absolute atomic E-state index is 0.620. The van der Waals surface area contributed by atoms with Crippen molar-refractivity contribution >= 4 is 23.9 Å². The van der Waals surface area contributed by atoms with Crippen LogP contribution in [0.4, 0.5) is 0 Å². The van der Waals surface area contributed by atoms with Gasteiger partial charge in [0.25, 0.3) is 0 Å². The highest BCUT2D eigenvalue weighted by molar-refractivity contribution is 5.85. The van der Waals surface area contributed by atoms with E-state index in [4.69, 9.17) is 20.4 Å². The standard InChI is InChI=1S/C12H12O8/c13-8(14)4-3-5-6(10(15)16)1-2-7(11(17)18)9(5)12(19)20/h1-7,9H,(H,13,14)(H,15,16)(H,17,18)(H,19,20). The summed E-state index contributed by atoms with van der Waals surface area (Å²) in [6, 6.07) is 0. The van der Waals surface area contributed by atoms with Crippen molar-refractivity contribution in [3.8, 4) is 0 Å². The monoisotopic (exact) mass is 284 g/mol. The Morgan fingerprint density at radius 3 is 1.70 bits per heavy atom. The van der Waals surface area contributed by atoms with Crippen molar-refractivity contribution in [3.63, 3.8) is 0 Å². The number of carbonyl (C=O) groups is 4. The van der Waals surface area contributed by atoms with Gasteiger partial charge in [0.05, 0.1) is 17.8 Å². The Morgan fingerprint density at radius 1 is 0.800 bits per heavy atom. The fraction of sp³-hybridized carbons (Fsp3) is 0.333. The number of carboxylic acids is 4. The third-order valence-corrected chi connectivity index (χ3v) is 3.06. The Labute approximate surface area is 112 Å². The summed E-state index contributed by atoms with van der Waals surface area (Å²) in [5, 5.41) is 35.7. The van der Waals surface area contributed by atoms with E-state index in [1.54, 1.807) is 0 Å². The first-order chi connectivity index (χ1) is 9.25. The van der Waals surface area contributed by atoms with Crippen LogP contribution >= 0.6 is 0 Å². The van der Waals surface area contributed by atoms with Crippen molar-refractivity contribution in [1.29, 1.82) is 0 Å². The average molecular weight is 284 g/mol. The second-order valence-electron chi connectivity index (χ2n) is 4.25. The van der Waals surface area contributed by atoms with E-state index in [2.05, 4.69) is 0 Å². The van der Waals surface area contributed by atoms with Gasteiger partial charge in [-0.1, -0.05) is 18.2 Å². The molecule has 108 valence electrons. The lowest BCUT2D eigenvalue weighted by Crippen LogP contribution is -2.41. The summed E-state index contributed by atoms with van der Waals surface area (Å²) >= 11 is 0. The molecule has 0 spiro atoms. The highest BCUT2D eigenvalue weighted by Gasteiger charge is 2.45. The van der Waals surface area contributed by atoms with Crippen molar-refractivity contribution in [1.82, 2.24) is 0 Å². The highest BCUT2D eigenvalue weighted by atomic mass is 16.4. The van der Waals surface area contributed by atoms with Crippen LogP contribution in [0.5, 0.6) is 0 Å². The predicted molar refractivity (Wildman–Crippen MR) is 62.8 cm³/mol. The highest BCUT2D eigenvalue weighted by Crippen LogP contribution is 2.36. The Kier molecular flexibility index (Phi) is 4.63. The average Bonchev–Trinajstić information content (AvgIpc) is 2.34. The second-order valence-corrected chi connectivity index (χ2v) is 4.25. The molecule has 0 saturated carbocycles. The van der Waals surface area contributed by atoms with Gasteiger partial charge in [-0.05, 0) is 0 Å². The molecule has 1 aliphatic carbocycles. The summed E-state index contributed by atoms with van der Waals surface area (Å²) < 4.78 is 0. The van der Waals surface area contributed by atoms with Gasteiger partial charge in [0, 0.05) is 12.0 Å². The van der Waals surface area contributed by atoms with Crippen LogP contribution < -0.4 is 0 Å². The van der Waals surface area contributed by atoms with Crippen LogP contribution in [0, 0.1) is 23.7 Å². The molecule has 0 fully saturated rings. The van der Waals surface area contributed by atoms with E-state index in [0.717, 1.165) is 18.2 Å². The molecule has 8 heteroatoms. The van der Waals surface area contributed by atoms with Crippen LogP contribution in [0.1, 0.15) is 0 Å². The molecule has 20 heavy (non-hydrogen) atoms. The van der Waals surface area contributed by atoms with Crippen LogP contribution in [0.3, 0.4) is 0 Å². The second kappa shape index (κ2) is 6.00. The molecule has 1 rings (SSSR count). The molecule has 0 radical (unpaired) electrons. The lowest BCUT2D eigenvalue weighted by molar-refractivity contribution is -0.156. The maximum Gasteiger partial charge on any atom is 0.327 e. The molecular weight excluding hydrogens is 272 g/mol. The summed E-state index contributed by atoms with van der Waals surface area (Å²) in [5.41, 5.74) is 0. The summed E-state index contributed by atoms with van der Waals surface area (Å²) in [7, 11) is 0. The zero-order valence-electron chi connectivity index (χ0n) is 10.0. The quantitative estimate of drug-likeness (QED) is 0.404. The van der Waals surface area contributed by atoms with Crippen molar-refractivity contribution < 1.29 is 39.6 Å². The molecule has 4 atom stereocenters. The van der Waals surface area contributed by atoms with Gasteiger partial charge in [0.2, 0.25) is 0 Å². The Bertz CT molecular complexity index is 504. The molecule has 4 N–H and O–H groups in total. The van der Waals surface area contributed by atoms with E-state index < -0.39 is 47.5 Å². The third kappa shape index (κ3) is 3.22. The largest absolute Gasteiger partial charge is 0.481 e. The lowest BCUT2D eigenvalue weighted by atomic mass is 9.70. The van der Waals surface area contributed by atoms with Gasteiger partial charge < -0.3 is 20.4 Å². The molecule has 0 aromatic heterocycles. The summed E-state index contributed by atoms with van der Waals surface area (Å²) in [6.07, 6.45) is 3.64. The third-order valence-electron chi connectivity index (χ3n) is 3.06. The zero-order chi connectivity index (χ0) is 15.4. The molecule has 0 amide bonds. The first-order valence-electron chi connectivity index (χ1n) is 5.53. The SMILES string of the molecule is O=C(O)C=CC1C(C(=O)O)C=CC(C(=O)O)C1C(=O)O. The summed E-state index contributed by atoms with van der Waals surface area (Å²) in [4.78, 5) is 43.8. The molecule has 0 heterocycles. The van der Waals surface area contributed by atoms with Crippen molar-refractivity contribution in [2.24, 2.45) is 23.7 Å². The van der Waals surface area contributed by atoms with Gasteiger partial charge in [0.15, 0.2) is 0 Å². The van der Waals surface area contributed by atoms with Gasteiger partial charge in [0.1, 0.15) is 0 Å². The number of rotatable bonds is 5. The topological polar surface area (TPSA) is 149 Å². The molecule has 0 aromatic carbocycles. The van der Waals surface area contributed by atoms with Crippen molar-refractivity contribution in [2.75, 3.05) is 0 Å². The van der Waals surface area contributed by atoms with Crippen LogP contribution in [0.15, 0.2) is 24.3 Å². The predicted octanol–water partition coefficient (Wildman–Crippen LogP) is -0.0844. The minimum atomic E-state index is -1.55. The molecule has 0 aromatic rings. The lowest BCUT2D eigenvalue weighted by Gasteiger charge is -2.31. The number of aliphatic carboxylic acids is 4. The fourth-order valence-corrected chi connectivity index (χ4v) is 2.18. The fourth-order valence-electron chi connectivity index (χ4n) is 2.18. The maximum atomic E-state index is 11.2. The summed E-state index contributed by atoms with van der Waals surface area (Å²) in [5.74, 6) is -11.1. The first kappa shape index (κ1) is 15.4. The molecule has 1 aliphatic rings. The van der Waals surface area contributed by atoms with Crippen LogP contribution in [-0.4, -0.2) is 44.3 Å². The van der Waals surface area contributed by atoms with E-state index in [1.165, 1.54) is 0 Å². The number of carboxylic acid groups (broad SMARTS) is 4. The Hall–Kier alpha value is -2.64. The zero-order valence-corrected chi connectivity index (χ0v) is 10.0. The summed E-state index contributed by atoms with van der Waals surface area (Å²) in [6.45, 7) is 0. The number of hydrogen-bond donors (Lipinski definition) is 4. The molecule has 8 nitrogen and oxygen atoms in total. The Morgan fingerprint density at radius 2 is 1.30 bits per heavy atom. The van der Waals surface area contributed by atoms with Gasteiger partial charge in [-0.15, -0.1) is 0 Å². The maximum absolute atomic E-state index is 11.2. The van der Waals surface area contributed by atoms with Gasteiger partial charge in [-0.3, -0.25) is 14.4 Å². The van der Waals surface area contributed by atoms with E-state index >= 15 is 0 Å². The van der Waals surface area contributed by atoms with E-state index in [9.17, 15) is 19.2 Å². The van der Waals surface area contributed by atoms with Crippen molar-refractivity contribution in [2.45, 2.75) is 0 Å². The molecule has 0 bridgehead atoms. The van der Waals surface area contributed by atoms with Crippen LogP contribution in [0.2, 0.25) is 0 Å². The van der Waals surface area contributed by atoms with E-state index in [1.807, 2.05) is 0 Å². The van der Waals surface area contributed by atoms with Gasteiger partial charge >= 0.3 is 23.9 Å². The van der Waals surface area contributed by atoms with E-state index in [-0.39, 0.29) is 0 Å².